The van der Waals surface area contributed by atoms with Gasteiger partial charge in [0, 0.05) is 38.2 Å². The summed E-state index contributed by atoms with van der Waals surface area (Å²) in [6.45, 7) is 4.78. The van der Waals surface area contributed by atoms with E-state index in [9.17, 15) is 14.7 Å². The molecule has 2 saturated heterocycles. The highest BCUT2D eigenvalue weighted by atomic mass is 16.3. The minimum atomic E-state index is 0.0354. The third-order valence-electron chi connectivity index (χ3n) is 6.70. The molecule has 1 aromatic rings. The van der Waals surface area contributed by atoms with Crippen LogP contribution in [0.3, 0.4) is 0 Å². The smallest absolute Gasteiger partial charge is 0.227 e. The number of Topliss-reactive ketones (excluding diaryl/α,β-unsaturated/α-hetero) is 1. The highest BCUT2D eigenvalue weighted by Crippen LogP contribution is 2.34. The molecule has 2 atom stereocenters. The Bertz CT molecular complexity index is 768. The van der Waals surface area contributed by atoms with Gasteiger partial charge in [0.1, 0.15) is 0 Å². The number of carbonyl (C=O) groups excluding carboxylic acids is 2. The summed E-state index contributed by atoms with van der Waals surface area (Å²) < 4.78 is 0. The Kier molecular flexibility index (Phi) is 6.46. The number of benzene rings is 1. The minimum Gasteiger partial charge on any atom is -0.396 e. The van der Waals surface area contributed by atoms with Crippen LogP contribution in [0.5, 0.6) is 0 Å². The largest absolute Gasteiger partial charge is 0.396 e. The first-order valence-corrected chi connectivity index (χ1v) is 11.1. The van der Waals surface area contributed by atoms with E-state index in [-0.39, 0.29) is 30.6 Å². The van der Waals surface area contributed by atoms with E-state index in [1.54, 1.807) is 0 Å². The van der Waals surface area contributed by atoms with Crippen molar-refractivity contribution in [1.82, 2.24) is 9.80 Å². The van der Waals surface area contributed by atoms with Crippen LogP contribution < -0.4 is 0 Å². The third-order valence-corrected chi connectivity index (χ3v) is 6.70. The van der Waals surface area contributed by atoms with Gasteiger partial charge >= 0.3 is 0 Å². The van der Waals surface area contributed by atoms with Crippen molar-refractivity contribution in [2.75, 3.05) is 39.3 Å². The summed E-state index contributed by atoms with van der Waals surface area (Å²) in [5, 5.41) is 9.77. The molecule has 0 spiro atoms. The van der Waals surface area contributed by atoms with E-state index in [4.69, 9.17) is 0 Å². The fourth-order valence-electron chi connectivity index (χ4n) is 5.25. The van der Waals surface area contributed by atoms with Gasteiger partial charge in [0.25, 0.3) is 0 Å². The minimum absolute atomic E-state index is 0.0354. The molecule has 2 fully saturated rings. The van der Waals surface area contributed by atoms with Crippen LogP contribution in [0.2, 0.25) is 0 Å². The number of ketones is 1. The number of aliphatic hydroxyl groups excluding tert-OH is 1. The fraction of sp³-hybridized carbons (Fsp3) is 0.583. The Morgan fingerprint density at radius 3 is 2.48 bits per heavy atom. The molecule has 4 rings (SSSR count). The van der Waals surface area contributed by atoms with Crippen molar-refractivity contribution >= 4 is 17.3 Å². The van der Waals surface area contributed by atoms with E-state index in [2.05, 4.69) is 4.90 Å². The van der Waals surface area contributed by atoms with Gasteiger partial charge in [-0.2, -0.15) is 0 Å². The van der Waals surface area contributed by atoms with Gasteiger partial charge in [-0.15, -0.1) is 0 Å². The Morgan fingerprint density at radius 2 is 1.76 bits per heavy atom. The molecule has 1 N–H and O–H groups in total. The average Bonchev–Trinajstić information content (AvgIpc) is 3.38. The van der Waals surface area contributed by atoms with Crippen molar-refractivity contribution < 1.29 is 14.7 Å². The molecule has 0 aromatic heterocycles. The van der Waals surface area contributed by atoms with Gasteiger partial charge in [-0.25, -0.2) is 0 Å². The number of nitrogens with zero attached hydrogens (tertiary/aromatic N) is 2. The first-order valence-electron chi connectivity index (χ1n) is 11.1. The second kappa shape index (κ2) is 9.23. The molecule has 1 amide bonds. The summed E-state index contributed by atoms with van der Waals surface area (Å²) in [7, 11) is 0. The molecule has 1 aromatic carbocycles. The summed E-state index contributed by atoms with van der Waals surface area (Å²) in [5.74, 6) is 0.696. The molecule has 2 heterocycles. The van der Waals surface area contributed by atoms with Crippen LogP contribution in [0.1, 0.15) is 44.1 Å². The monoisotopic (exact) mass is 396 g/mol. The highest BCUT2D eigenvalue weighted by molar-refractivity contribution is 6.10. The second-order valence-corrected chi connectivity index (χ2v) is 8.88. The summed E-state index contributed by atoms with van der Waals surface area (Å²) in [4.78, 5) is 30.1. The van der Waals surface area contributed by atoms with Crippen LogP contribution in [0.25, 0.3) is 5.57 Å². The van der Waals surface area contributed by atoms with E-state index in [0.29, 0.717) is 24.5 Å². The Labute approximate surface area is 173 Å². The summed E-state index contributed by atoms with van der Waals surface area (Å²) in [6, 6.07) is 9.96. The van der Waals surface area contributed by atoms with Crippen molar-refractivity contribution in [3.8, 4) is 0 Å². The maximum absolute atomic E-state index is 13.2. The Morgan fingerprint density at radius 1 is 1.03 bits per heavy atom. The van der Waals surface area contributed by atoms with Gasteiger partial charge in [-0.1, -0.05) is 30.3 Å². The highest BCUT2D eigenvalue weighted by Gasteiger charge is 2.33. The number of carbonyl (C=O) groups is 2. The van der Waals surface area contributed by atoms with E-state index >= 15 is 0 Å². The molecule has 5 heteroatoms. The van der Waals surface area contributed by atoms with Gasteiger partial charge < -0.3 is 14.9 Å². The Balaban J connectivity index is 1.46. The molecule has 1 aliphatic carbocycles. The number of likely N-dealkylation sites (tertiary alicyclic amines) is 2. The van der Waals surface area contributed by atoms with Crippen molar-refractivity contribution in [3.05, 3.63) is 41.5 Å². The topological polar surface area (TPSA) is 60.9 Å². The first kappa shape index (κ1) is 20.3. The zero-order valence-corrected chi connectivity index (χ0v) is 17.2. The number of allylic oxidation sites excluding steroid dienone is 1. The summed E-state index contributed by atoms with van der Waals surface area (Å²) >= 11 is 0. The molecular weight excluding hydrogens is 364 g/mol. The van der Waals surface area contributed by atoms with Crippen molar-refractivity contribution in [2.45, 2.75) is 38.5 Å². The number of hydrogen-bond acceptors (Lipinski definition) is 4. The number of rotatable bonds is 6. The number of piperidine rings is 1. The predicted octanol–water partition coefficient (Wildman–Crippen LogP) is 2.75. The van der Waals surface area contributed by atoms with Crippen molar-refractivity contribution in [2.24, 2.45) is 11.8 Å². The number of hydrogen-bond donors (Lipinski definition) is 1. The lowest BCUT2D eigenvalue weighted by Gasteiger charge is -2.38. The van der Waals surface area contributed by atoms with Gasteiger partial charge in [-0.05, 0) is 61.7 Å². The molecule has 0 bridgehead atoms. The van der Waals surface area contributed by atoms with Crippen LogP contribution in [-0.2, 0) is 9.59 Å². The van der Waals surface area contributed by atoms with Crippen LogP contribution >= 0.6 is 0 Å². The van der Waals surface area contributed by atoms with E-state index in [1.807, 2.05) is 35.2 Å². The van der Waals surface area contributed by atoms with Crippen LogP contribution in [0.15, 0.2) is 35.9 Å². The Hall–Kier alpha value is -1.98. The lowest BCUT2D eigenvalue weighted by atomic mass is 9.88. The van der Waals surface area contributed by atoms with Gasteiger partial charge in [0.2, 0.25) is 5.91 Å². The quantitative estimate of drug-likeness (QED) is 0.803. The molecular formula is C24H32N2O3. The number of amides is 1. The normalized spacial score (nSPS) is 25.8. The van der Waals surface area contributed by atoms with Crippen LogP contribution in [-0.4, -0.2) is 65.9 Å². The number of aliphatic hydroxyl groups is 1. The third kappa shape index (κ3) is 4.78. The zero-order chi connectivity index (χ0) is 20.2. The molecule has 0 saturated carbocycles. The summed E-state index contributed by atoms with van der Waals surface area (Å²) in [6.07, 6.45) is 4.92. The second-order valence-electron chi connectivity index (χ2n) is 8.88. The van der Waals surface area contributed by atoms with E-state index < -0.39 is 0 Å². The summed E-state index contributed by atoms with van der Waals surface area (Å²) in [5.41, 5.74) is 2.79. The lowest BCUT2D eigenvalue weighted by molar-refractivity contribution is -0.134. The molecule has 2 aliphatic heterocycles. The lowest BCUT2D eigenvalue weighted by Crippen LogP contribution is -2.47. The predicted molar refractivity (Wildman–Crippen MR) is 113 cm³/mol. The van der Waals surface area contributed by atoms with E-state index in [1.165, 1.54) is 12.8 Å². The SMILES string of the molecule is O=C1CCC(c2ccccc2)=C1CC(=O)N1C[C@H](CO)C[C@H](CN2CCCC2)C1. The first-order chi connectivity index (χ1) is 14.1. The molecule has 156 valence electrons. The molecule has 5 nitrogen and oxygen atoms in total. The molecule has 29 heavy (non-hydrogen) atoms. The average molecular weight is 397 g/mol. The molecule has 0 radical (unpaired) electrons. The van der Waals surface area contributed by atoms with Crippen molar-refractivity contribution in [3.63, 3.8) is 0 Å². The van der Waals surface area contributed by atoms with Gasteiger partial charge in [0.15, 0.2) is 5.78 Å². The van der Waals surface area contributed by atoms with E-state index in [0.717, 1.165) is 50.2 Å². The maximum atomic E-state index is 13.2. The zero-order valence-electron chi connectivity index (χ0n) is 17.2. The van der Waals surface area contributed by atoms with Crippen LogP contribution in [0, 0.1) is 11.8 Å². The van der Waals surface area contributed by atoms with Crippen LogP contribution in [0.4, 0.5) is 0 Å². The fourth-order valence-corrected chi connectivity index (χ4v) is 5.25. The van der Waals surface area contributed by atoms with Crippen molar-refractivity contribution in [1.29, 1.82) is 0 Å². The van der Waals surface area contributed by atoms with Gasteiger partial charge in [-0.3, -0.25) is 9.59 Å². The van der Waals surface area contributed by atoms with Gasteiger partial charge in [0.05, 0.1) is 6.42 Å². The molecule has 3 aliphatic rings. The molecule has 0 unspecified atom stereocenters. The standard InChI is InChI=1S/C24H32N2O3/c27-17-19-12-18(14-25-10-4-5-11-25)15-26(16-19)24(29)13-22-21(8-9-23(22)28)20-6-2-1-3-7-20/h1-3,6-7,18-19,27H,4-5,8-17H2/t18-,19-/m1/s1. The maximum Gasteiger partial charge on any atom is 0.227 e.